The van der Waals surface area contributed by atoms with Gasteiger partial charge >= 0.3 is 0 Å². The molecule has 0 aliphatic rings. The molecule has 8 heteroatoms. The zero-order valence-electron chi connectivity index (χ0n) is 20.3. The molecule has 0 saturated heterocycles. The van der Waals surface area contributed by atoms with Gasteiger partial charge in [0.25, 0.3) is 0 Å². The molecule has 0 aliphatic carbocycles. The van der Waals surface area contributed by atoms with Gasteiger partial charge in [-0.2, -0.15) is 0 Å². The second-order valence-corrected chi connectivity index (χ2v) is 10.8. The zero-order chi connectivity index (χ0) is 25.3. The quantitative estimate of drug-likeness (QED) is 0.305. The lowest BCUT2D eigenvalue weighted by molar-refractivity contribution is 0.470. The molecule has 0 spiro atoms. The van der Waals surface area contributed by atoms with Crippen LogP contribution < -0.4 is 9.88 Å². The molecular formula is C28H28N4O3S. The Morgan fingerprint density at radius 1 is 0.917 bits per heavy atom. The second-order valence-electron chi connectivity index (χ2n) is 9.26. The fraction of sp³-hybridized carbons (Fsp3) is 0.214. The third kappa shape index (κ3) is 4.96. The van der Waals surface area contributed by atoms with E-state index in [4.69, 9.17) is 19.8 Å². The summed E-state index contributed by atoms with van der Waals surface area (Å²) in [5.41, 5.74) is 3.57. The van der Waals surface area contributed by atoms with Crippen molar-refractivity contribution in [2.75, 3.05) is 0 Å². The molecule has 0 bridgehead atoms. The van der Waals surface area contributed by atoms with E-state index in [1.54, 1.807) is 12.1 Å². The molecule has 5 rings (SSSR count). The van der Waals surface area contributed by atoms with Crippen LogP contribution in [-0.4, -0.2) is 23.0 Å². The normalized spacial score (nSPS) is 12.0. The van der Waals surface area contributed by atoms with E-state index < -0.39 is 10.0 Å². The maximum absolute atomic E-state index is 11.6. The Kier molecular flexibility index (Phi) is 6.47. The maximum Gasteiger partial charge on any atom is 0.248 e. The Bertz CT molecular complexity index is 1630. The molecule has 184 valence electrons. The molecule has 0 atom stereocenters. The topological polar surface area (TPSA) is 100 Å². The number of rotatable bonds is 8. The van der Waals surface area contributed by atoms with Gasteiger partial charge < -0.3 is 9.30 Å². The Hall–Kier alpha value is -3.75. The number of imidazole rings is 1. The van der Waals surface area contributed by atoms with Crippen molar-refractivity contribution < 1.29 is 13.2 Å². The number of benzene rings is 3. The summed E-state index contributed by atoms with van der Waals surface area (Å²) >= 11 is 0. The summed E-state index contributed by atoms with van der Waals surface area (Å²) in [4.78, 5) is 9.96. The molecule has 2 aromatic heterocycles. The monoisotopic (exact) mass is 500 g/mol. The van der Waals surface area contributed by atoms with Gasteiger partial charge in [0.15, 0.2) is 5.52 Å². The van der Waals surface area contributed by atoms with E-state index in [2.05, 4.69) is 24.5 Å². The number of hydrogen-bond acceptors (Lipinski definition) is 5. The SMILES string of the molecule is CC(C)Cc1nc2c(Oc3ccccc3)nc3ccccc3c2n1CCc1ccc(S(N)(=O)=O)cc1. The van der Waals surface area contributed by atoms with Crippen LogP contribution in [0.15, 0.2) is 83.8 Å². The fourth-order valence-electron chi connectivity index (χ4n) is 4.37. The second kappa shape index (κ2) is 9.72. The van der Waals surface area contributed by atoms with Crippen molar-refractivity contribution in [1.82, 2.24) is 14.5 Å². The third-order valence-corrected chi connectivity index (χ3v) is 6.98. The fourth-order valence-corrected chi connectivity index (χ4v) is 4.89. The summed E-state index contributed by atoms with van der Waals surface area (Å²) < 4.78 is 31.7. The summed E-state index contributed by atoms with van der Waals surface area (Å²) in [6, 6.07) is 24.4. The highest BCUT2D eigenvalue weighted by Gasteiger charge is 2.20. The summed E-state index contributed by atoms with van der Waals surface area (Å²) in [5, 5.41) is 6.26. The van der Waals surface area contributed by atoms with E-state index in [-0.39, 0.29) is 4.90 Å². The average molecular weight is 501 g/mol. The molecule has 0 amide bonds. The van der Waals surface area contributed by atoms with Crippen molar-refractivity contribution in [3.05, 3.63) is 90.3 Å². The molecule has 36 heavy (non-hydrogen) atoms. The minimum atomic E-state index is -3.72. The smallest absolute Gasteiger partial charge is 0.248 e. The number of aryl methyl sites for hydroxylation is 2. The zero-order valence-corrected chi connectivity index (χ0v) is 21.1. The van der Waals surface area contributed by atoms with Crippen molar-refractivity contribution in [3.63, 3.8) is 0 Å². The first-order valence-electron chi connectivity index (χ1n) is 11.9. The van der Waals surface area contributed by atoms with Crippen molar-refractivity contribution in [3.8, 4) is 11.6 Å². The number of fused-ring (bicyclic) bond motifs is 3. The van der Waals surface area contributed by atoms with Gasteiger partial charge in [-0.3, -0.25) is 0 Å². The predicted octanol–water partition coefficient (Wildman–Crippen LogP) is 5.47. The molecule has 2 N–H and O–H groups in total. The molecule has 2 heterocycles. The van der Waals surface area contributed by atoms with Gasteiger partial charge in [0.05, 0.1) is 15.9 Å². The molecule has 3 aromatic carbocycles. The van der Waals surface area contributed by atoms with Crippen LogP contribution in [0.25, 0.3) is 21.9 Å². The summed E-state index contributed by atoms with van der Waals surface area (Å²) in [6.07, 6.45) is 1.51. The van der Waals surface area contributed by atoms with Crippen LogP contribution >= 0.6 is 0 Å². The van der Waals surface area contributed by atoms with Crippen LogP contribution in [-0.2, 0) is 29.4 Å². The molecule has 7 nitrogen and oxygen atoms in total. The first-order valence-corrected chi connectivity index (χ1v) is 13.5. The molecule has 0 saturated carbocycles. The number of sulfonamides is 1. The number of primary sulfonamides is 1. The van der Waals surface area contributed by atoms with Crippen LogP contribution in [0.3, 0.4) is 0 Å². The Morgan fingerprint density at radius 3 is 2.31 bits per heavy atom. The van der Waals surface area contributed by atoms with Crippen molar-refractivity contribution >= 4 is 32.0 Å². The number of hydrogen-bond donors (Lipinski definition) is 1. The van der Waals surface area contributed by atoms with Gasteiger partial charge in [-0.15, -0.1) is 0 Å². The van der Waals surface area contributed by atoms with Crippen molar-refractivity contribution in [1.29, 1.82) is 0 Å². The largest absolute Gasteiger partial charge is 0.437 e. The first-order chi connectivity index (χ1) is 17.3. The van der Waals surface area contributed by atoms with E-state index in [0.717, 1.165) is 39.7 Å². The summed E-state index contributed by atoms with van der Waals surface area (Å²) in [5.74, 6) is 2.57. The highest BCUT2D eigenvalue weighted by Crippen LogP contribution is 2.34. The standard InChI is InChI=1S/C28H28N4O3S/c1-19(2)18-25-31-26-27(32(25)17-16-20-12-14-22(15-13-20)36(29,33)34)23-10-6-7-11-24(23)30-28(26)35-21-8-4-3-5-9-21/h3-15,19H,16-18H2,1-2H3,(H2,29,33,34). The number of nitrogens with zero attached hydrogens (tertiary/aromatic N) is 3. The van der Waals surface area contributed by atoms with E-state index in [9.17, 15) is 8.42 Å². The van der Waals surface area contributed by atoms with Gasteiger partial charge in [0, 0.05) is 18.4 Å². The van der Waals surface area contributed by atoms with Crippen LogP contribution in [0, 0.1) is 5.92 Å². The van der Waals surface area contributed by atoms with Crippen molar-refractivity contribution in [2.45, 2.75) is 38.1 Å². The van der Waals surface area contributed by atoms with E-state index >= 15 is 0 Å². The summed E-state index contributed by atoms with van der Waals surface area (Å²) in [7, 11) is -3.72. The van der Waals surface area contributed by atoms with Crippen LogP contribution in [0.1, 0.15) is 25.2 Å². The van der Waals surface area contributed by atoms with Gasteiger partial charge in [-0.05, 0) is 48.2 Å². The van der Waals surface area contributed by atoms with Crippen molar-refractivity contribution in [2.24, 2.45) is 11.1 Å². The Labute approximate surface area is 210 Å². The highest BCUT2D eigenvalue weighted by molar-refractivity contribution is 7.89. The lowest BCUT2D eigenvalue weighted by atomic mass is 10.1. The highest BCUT2D eigenvalue weighted by atomic mass is 32.2. The van der Waals surface area contributed by atoms with Crippen LogP contribution in [0.2, 0.25) is 0 Å². The third-order valence-electron chi connectivity index (χ3n) is 6.05. The first kappa shape index (κ1) is 24.0. The Balaban J connectivity index is 1.61. The number of aromatic nitrogens is 3. The lowest BCUT2D eigenvalue weighted by Crippen LogP contribution is -2.12. The van der Waals surface area contributed by atoms with Gasteiger partial charge in [0.1, 0.15) is 11.6 Å². The van der Waals surface area contributed by atoms with Crippen LogP contribution in [0.5, 0.6) is 11.6 Å². The van der Waals surface area contributed by atoms with E-state index in [1.807, 2.05) is 60.7 Å². The van der Waals surface area contributed by atoms with E-state index in [0.29, 0.717) is 30.5 Å². The van der Waals surface area contributed by atoms with E-state index in [1.165, 1.54) is 0 Å². The molecule has 0 fully saturated rings. The average Bonchev–Trinajstić information content (AvgIpc) is 3.21. The molecule has 0 radical (unpaired) electrons. The van der Waals surface area contributed by atoms with Gasteiger partial charge in [0.2, 0.25) is 15.9 Å². The van der Waals surface area contributed by atoms with Gasteiger partial charge in [-0.25, -0.2) is 23.5 Å². The minimum absolute atomic E-state index is 0.111. The molecule has 5 aromatic rings. The maximum atomic E-state index is 11.6. The minimum Gasteiger partial charge on any atom is -0.437 e. The molecule has 0 unspecified atom stereocenters. The predicted molar refractivity (Wildman–Crippen MR) is 142 cm³/mol. The van der Waals surface area contributed by atoms with Crippen LogP contribution in [0.4, 0.5) is 0 Å². The lowest BCUT2D eigenvalue weighted by Gasteiger charge is -2.13. The number of pyridine rings is 1. The summed E-state index contributed by atoms with van der Waals surface area (Å²) in [6.45, 7) is 5.02. The van der Waals surface area contributed by atoms with Gasteiger partial charge in [-0.1, -0.05) is 62.4 Å². The number of nitrogens with two attached hydrogens (primary N) is 1. The molecule has 0 aliphatic heterocycles. The number of ether oxygens (including phenoxy) is 1. The molecular weight excluding hydrogens is 472 g/mol. The number of para-hydroxylation sites is 2. The Morgan fingerprint density at radius 2 is 1.61 bits per heavy atom.